The molecule has 1 rings (SSSR count). The number of carbonyl (C=O) groups excluding carboxylic acids is 1. The molecule has 0 radical (unpaired) electrons. The molecule has 1 amide bonds. The van der Waals surface area contributed by atoms with Gasteiger partial charge in [-0.2, -0.15) is 0 Å². The predicted octanol–water partition coefficient (Wildman–Crippen LogP) is 3.04. The molecule has 0 aliphatic heterocycles. The van der Waals surface area contributed by atoms with Gasteiger partial charge in [-0.15, -0.1) is 0 Å². The lowest BCUT2D eigenvalue weighted by molar-refractivity contribution is -0.114. The molecule has 0 spiro atoms. The molecule has 2 nitrogen and oxygen atoms in total. The highest BCUT2D eigenvalue weighted by Crippen LogP contribution is 2.13. The summed E-state index contributed by atoms with van der Waals surface area (Å²) in [4.78, 5) is 10.9. The van der Waals surface area contributed by atoms with Gasteiger partial charge in [0.1, 0.15) is 0 Å². The normalized spacial score (nSPS) is 10.2. The summed E-state index contributed by atoms with van der Waals surface area (Å²) >= 11 is 0. The van der Waals surface area contributed by atoms with E-state index in [2.05, 4.69) is 37.9 Å². The minimum atomic E-state index is -0.0686. The topological polar surface area (TPSA) is 29.1 Å². The van der Waals surface area contributed by atoms with Gasteiger partial charge in [-0.05, 0) is 39.0 Å². The number of rotatable bonds is 1. The fraction of sp³-hybridized carbons (Fsp3) is 0.357. The van der Waals surface area contributed by atoms with Crippen molar-refractivity contribution in [3.8, 4) is 11.8 Å². The van der Waals surface area contributed by atoms with Crippen molar-refractivity contribution >= 4 is 11.6 Å². The Bertz CT molecular complexity index is 444. The highest BCUT2D eigenvalue weighted by atomic mass is 16.1. The van der Waals surface area contributed by atoms with Gasteiger partial charge in [0.2, 0.25) is 5.91 Å². The second-order valence-corrected chi connectivity index (χ2v) is 4.76. The van der Waals surface area contributed by atoms with E-state index in [0.29, 0.717) is 0 Å². The lowest BCUT2D eigenvalue weighted by atomic mass is 9.97. The molecule has 16 heavy (non-hydrogen) atoms. The van der Waals surface area contributed by atoms with E-state index in [-0.39, 0.29) is 11.3 Å². The Labute approximate surface area is 97.1 Å². The Morgan fingerprint density at radius 2 is 2.00 bits per heavy atom. The summed E-state index contributed by atoms with van der Waals surface area (Å²) in [5.41, 5.74) is 1.69. The van der Waals surface area contributed by atoms with Crippen LogP contribution in [-0.4, -0.2) is 5.91 Å². The Hall–Kier alpha value is -1.75. The van der Waals surface area contributed by atoms with E-state index < -0.39 is 0 Å². The highest BCUT2D eigenvalue weighted by molar-refractivity contribution is 5.88. The molecule has 0 bridgehead atoms. The molecule has 1 N–H and O–H groups in total. The van der Waals surface area contributed by atoms with Crippen molar-refractivity contribution in [2.24, 2.45) is 5.41 Å². The number of anilines is 1. The molecule has 84 valence electrons. The standard InChI is InChI=1S/C14H17NO/c1-11(16)15-13-7-5-6-12(10-13)8-9-14(2,3)4/h5-7,10H,1-4H3,(H,15,16). The average molecular weight is 215 g/mol. The first-order valence-corrected chi connectivity index (χ1v) is 5.28. The van der Waals surface area contributed by atoms with Crippen molar-refractivity contribution in [2.45, 2.75) is 27.7 Å². The average Bonchev–Trinajstić information content (AvgIpc) is 2.13. The van der Waals surface area contributed by atoms with Gasteiger partial charge in [0.05, 0.1) is 0 Å². The van der Waals surface area contributed by atoms with E-state index in [4.69, 9.17) is 0 Å². The lowest BCUT2D eigenvalue weighted by Gasteiger charge is -2.07. The van der Waals surface area contributed by atoms with Crippen LogP contribution in [0, 0.1) is 17.3 Å². The van der Waals surface area contributed by atoms with E-state index in [1.54, 1.807) is 0 Å². The van der Waals surface area contributed by atoms with Gasteiger partial charge in [0.15, 0.2) is 0 Å². The molecule has 0 saturated heterocycles. The highest BCUT2D eigenvalue weighted by Gasteiger charge is 2.03. The van der Waals surface area contributed by atoms with Crippen LogP contribution in [0.1, 0.15) is 33.3 Å². The number of benzene rings is 1. The zero-order valence-electron chi connectivity index (χ0n) is 10.2. The van der Waals surface area contributed by atoms with Crippen LogP contribution < -0.4 is 5.32 Å². The molecule has 0 aliphatic rings. The van der Waals surface area contributed by atoms with Crippen LogP contribution in [0.5, 0.6) is 0 Å². The Balaban J connectivity index is 2.89. The molecule has 2 heteroatoms. The first-order chi connectivity index (χ1) is 7.37. The summed E-state index contributed by atoms with van der Waals surface area (Å²) < 4.78 is 0. The molecule has 0 unspecified atom stereocenters. The number of hydrogen-bond acceptors (Lipinski definition) is 1. The number of nitrogens with one attached hydrogen (secondary N) is 1. The van der Waals surface area contributed by atoms with Crippen LogP contribution in [0.4, 0.5) is 5.69 Å². The van der Waals surface area contributed by atoms with Crippen LogP contribution in [0.25, 0.3) is 0 Å². The van der Waals surface area contributed by atoms with Crippen LogP contribution in [0.15, 0.2) is 24.3 Å². The molecule has 1 aromatic rings. The zero-order chi connectivity index (χ0) is 12.2. The van der Waals surface area contributed by atoms with Gasteiger partial charge in [-0.1, -0.05) is 17.9 Å². The van der Waals surface area contributed by atoms with Gasteiger partial charge < -0.3 is 5.32 Å². The molecule has 0 saturated carbocycles. The monoisotopic (exact) mass is 215 g/mol. The minimum Gasteiger partial charge on any atom is -0.326 e. The van der Waals surface area contributed by atoms with Gasteiger partial charge in [-0.3, -0.25) is 4.79 Å². The second kappa shape index (κ2) is 4.85. The zero-order valence-corrected chi connectivity index (χ0v) is 10.2. The predicted molar refractivity (Wildman–Crippen MR) is 67.1 cm³/mol. The molecule has 0 heterocycles. The van der Waals surface area contributed by atoms with Crippen LogP contribution in [-0.2, 0) is 4.79 Å². The maximum Gasteiger partial charge on any atom is 0.221 e. The van der Waals surface area contributed by atoms with Gasteiger partial charge >= 0.3 is 0 Å². The summed E-state index contributed by atoms with van der Waals surface area (Å²) in [7, 11) is 0. The summed E-state index contributed by atoms with van der Waals surface area (Å²) in [6.07, 6.45) is 0. The van der Waals surface area contributed by atoms with Crippen molar-refractivity contribution in [1.82, 2.24) is 0 Å². The fourth-order valence-electron chi connectivity index (χ4n) is 1.14. The minimum absolute atomic E-state index is 0.00991. The van der Waals surface area contributed by atoms with Gasteiger partial charge in [-0.25, -0.2) is 0 Å². The first kappa shape index (κ1) is 12.3. The Morgan fingerprint density at radius 3 is 2.56 bits per heavy atom. The maximum absolute atomic E-state index is 10.9. The van der Waals surface area contributed by atoms with Crippen molar-refractivity contribution in [3.05, 3.63) is 29.8 Å². The molecule has 0 aromatic heterocycles. The SMILES string of the molecule is CC(=O)Nc1cccc(C#CC(C)(C)C)c1. The first-order valence-electron chi connectivity index (χ1n) is 5.28. The lowest BCUT2D eigenvalue weighted by Crippen LogP contribution is -2.05. The van der Waals surface area contributed by atoms with E-state index in [0.717, 1.165) is 11.3 Å². The van der Waals surface area contributed by atoms with Crippen molar-refractivity contribution < 1.29 is 4.79 Å². The Kier molecular flexibility index (Phi) is 3.73. The van der Waals surface area contributed by atoms with E-state index >= 15 is 0 Å². The van der Waals surface area contributed by atoms with Crippen molar-refractivity contribution in [3.63, 3.8) is 0 Å². The van der Waals surface area contributed by atoms with Crippen LogP contribution >= 0.6 is 0 Å². The van der Waals surface area contributed by atoms with Gasteiger partial charge in [0, 0.05) is 23.6 Å². The van der Waals surface area contributed by atoms with E-state index in [1.165, 1.54) is 6.92 Å². The van der Waals surface area contributed by atoms with Crippen molar-refractivity contribution in [2.75, 3.05) is 5.32 Å². The molecule has 0 aliphatic carbocycles. The fourth-order valence-corrected chi connectivity index (χ4v) is 1.14. The smallest absolute Gasteiger partial charge is 0.221 e. The summed E-state index contributed by atoms with van der Waals surface area (Å²) in [5, 5.41) is 2.74. The third kappa shape index (κ3) is 4.65. The summed E-state index contributed by atoms with van der Waals surface area (Å²) in [6, 6.07) is 7.55. The largest absolute Gasteiger partial charge is 0.326 e. The molecule has 0 fully saturated rings. The summed E-state index contributed by atoms with van der Waals surface area (Å²) in [5.74, 6) is 6.18. The third-order valence-corrected chi connectivity index (χ3v) is 1.76. The third-order valence-electron chi connectivity index (χ3n) is 1.76. The number of hydrogen-bond donors (Lipinski definition) is 1. The summed E-state index contributed by atoms with van der Waals surface area (Å²) in [6.45, 7) is 7.69. The maximum atomic E-state index is 10.9. The Morgan fingerprint density at radius 1 is 1.31 bits per heavy atom. The van der Waals surface area contributed by atoms with Crippen LogP contribution in [0.3, 0.4) is 0 Å². The van der Waals surface area contributed by atoms with E-state index in [1.807, 2.05) is 24.3 Å². The quantitative estimate of drug-likeness (QED) is 0.717. The number of amides is 1. The molecular formula is C14H17NO. The van der Waals surface area contributed by atoms with E-state index in [9.17, 15) is 4.79 Å². The van der Waals surface area contributed by atoms with Crippen molar-refractivity contribution in [1.29, 1.82) is 0 Å². The molecule has 1 aromatic carbocycles. The molecular weight excluding hydrogens is 198 g/mol. The second-order valence-electron chi connectivity index (χ2n) is 4.76. The van der Waals surface area contributed by atoms with Crippen LogP contribution in [0.2, 0.25) is 0 Å². The van der Waals surface area contributed by atoms with Gasteiger partial charge in [0.25, 0.3) is 0 Å². The number of carbonyl (C=O) groups is 1. The molecule has 0 atom stereocenters.